The van der Waals surface area contributed by atoms with Crippen LogP contribution in [0.4, 0.5) is 0 Å². The number of nitrogens with zero attached hydrogens (tertiary/aromatic N) is 2. The van der Waals surface area contributed by atoms with E-state index in [1.54, 1.807) is 6.07 Å². The van der Waals surface area contributed by atoms with Crippen molar-refractivity contribution in [2.45, 2.75) is 25.6 Å². The second-order valence-electron chi connectivity index (χ2n) is 7.34. The van der Waals surface area contributed by atoms with E-state index in [0.717, 1.165) is 33.3 Å². The zero-order valence-corrected chi connectivity index (χ0v) is 18.7. The Morgan fingerprint density at radius 1 is 1.03 bits per heavy atom. The van der Waals surface area contributed by atoms with E-state index in [0.29, 0.717) is 15.8 Å². The molecule has 0 fully saturated rings. The van der Waals surface area contributed by atoms with Crippen LogP contribution < -0.4 is 4.74 Å². The molecular weight excluding hydrogens is 471 g/mol. The summed E-state index contributed by atoms with van der Waals surface area (Å²) < 4.78 is 7.39. The fraction of sp³-hybridized carbons (Fsp3) is 0.174. The van der Waals surface area contributed by atoms with Gasteiger partial charge in [0, 0.05) is 27.0 Å². The number of aryl methyl sites for hydroxylation is 1. The number of ether oxygens (including phenoxy) is 1. The molecule has 2 atom stereocenters. The van der Waals surface area contributed by atoms with Crippen LogP contribution in [0.5, 0.6) is 5.75 Å². The minimum absolute atomic E-state index is 0.0138. The van der Waals surface area contributed by atoms with Gasteiger partial charge in [-0.25, -0.2) is 5.01 Å². The molecule has 3 aromatic carbocycles. The molecule has 0 amide bonds. The molecule has 6 heteroatoms. The van der Waals surface area contributed by atoms with Crippen LogP contribution in [0.2, 0.25) is 10.0 Å². The Bertz CT molecular complexity index is 1110. The fourth-order valence-electron chi connectivity index (χ4n) is 3.88. The second kappa shape index (κ2) is 7.35. The van der Waals surface area contributed by atoms with Crippen LogP contribution in [0.3, 0.4) is 0 Å². The first-order valence-electron chi connectivity index (χ1n) is 9.33. The zero-order valence-electron chi connectivity index (χ0n) is 15.6. The summed E-state index contributed by atoms with van der Waals surface area (Å²) in [6, 6.07) is 20.2. The molecule has 5 rings (SSSR count). The highest BCUT2D eigenvalue weighted by Gasteiger charge is 2.42. The van der Waals surface area contributed by atoms with Gasteiger partial charge in [0.1, 0.15) is 5.75 Å². The number of hydrazone groups is 1. The van der Waals surface area contributed by atoms with Crippen molar-refractivity contribution >= 4 is 44.8 Å². The van der Waals surface area contributed by atoms with E-state index in [9.17, 15) is 0 Å². The summed E-state index contributed by atoms with van der Waals surface area (Å²) in [5.74, 6) is 0.686. The first-order valence-corrected chi connectivity index (χ1v) is 10.9. The lowest BCUT2D eigenvalue weighted by atomic mass is 9.95. The molecular formula is C23H17BrCl2N2O. The van der Waals surface area contributed by atoms with Crippen LogP contribution in [0.25, 0.3) is 0 Å². The van der Waals surface area contributed by atoms with Crippen molar-refractivity contribution in [3.8, 4) is 5.75 Å². The first-order chi connectivity index (χ1) is 14.0. The van der Waals surface area contributed by atoms with Crippen LogP contribution in [-0.4, -0.2) is 10.7 Å². The SMILES string of the molecule is Cc1ccc(C2=NN3[C@@H](c4ccc(Br)cc4)Oc4c(Cl)cc(Cl)cc4[C@@H]3C2)cc1. The standard InChI is InChI=1S/C23H17BrCl2N2O/c1-13-2-4-14(5-3-13)20-12-21-18-10-17(25)11-19(26)22(18)29-23(28(21)27-20)15-6-8-16(24)9-7-15/h2-11,21,23H,12H2,1H3/t21-,23+/m0/s1. The Morgan fingerprint density at radius 2 is 1.76 bits per heavy atom. The quantitative estimate of drug-likeness (QED) is 0.378. The van der Waals surface area contributed by atoms with Crippen LogP contribution in [0, 0.1) is 6.92 Å². The van der Waals surface area contributed by atoms with Crippen LogP contribution in [-0.2, 0) is 0 Å². The van der Waals surface area contributed by atoms with E-state index in [4.69, 9.17) is 33.0 Å². The van der Waals surface area contributed by atoms with Gasteiger partial charge in [-0.2, -0.15) is 5.10 Å². The summed E-state index contributed by atoms with van der Waals surface area (Å²) in [6.07, 6.45) is 0.408. The van der Waals surface area contributed by atoms with E-state index < -0.39 is 0 Å². The lowest BCUT2D eigenvalue weighted by Gasteiger charge is -2.38. The molecule has 29 heavy (non-hydrogen) atoms. The molecule has 2 aliphatic rings. The number of rotatable bonds is 2. The Balaban J connectivity index is 1.62. The third-order valence-corrected chi connectivity index (χ3v) is 6.38. The van der Waals surface area contributed by atoms with E-state index in [2.05, 4.69) is 47.1 Å². The molecule has 0 N–H and O–H groups in total. The summed E-state index contributed by atoms with van der Waals surface area (Å²) in [4.78, 5) is 0. The number of benzene rings is 3. The van der Waals surface area contributed by atoms with Gasteiger partial charge in [0.2, 0.25) is 6.23 Å². The Morgan fingerprint density at radius 3 is 2.48 bits per heavy atom. The first kappa shape index (κ1) is 19.0. The van der Waals surface area contributed by atoms with Crippen molar-refractivity contribution in [3.05, 3.63) is 97.4 Å². The number of fused-ring (bicyclic) bond motifs is 3. The van der Waals surface area contributed by atoms with Gasteiger partial charge in [-0.05, 0) is 36.8 Å². The molecule has 0 radical (unpaired) electrons. The third-order valence-electron chi connectivity index (χ3n) is 5.35. The Kier molecular flexibility index (Phi) is 4.81. The number of halogens is 3. The van der Waals surface area contributed by atoms with Crippen LogP contribution >= 0.6 is 39.1 Å². The molecule has 0 unspecified atom stereocenters. The number of hydrogen-bond donors (Lipinski definition) is 0. The molecule has 0 aliphatic carbocycles. The molecule has 0 bridgehead atoms. The average Bonchev–Trinajstić information content (AvgIpc) is 3.14. The van der Waals surface area contributed by atoms with E-state index in [1.807, 2.05) is 35.3 Å². The van der Waals surface area contributed by atoms with Crippen LogP contribution in [0.1, 0.15) is 40.9 Å². The number of hydrogen-bond acceptors (Lipinski definition) is 3. The summed E-state index contributed by atoms with van der Waals surface area (Å²) in [7, 11) is 0. The predicted molar refractivity (Wildman–Crippen MR) is 121 cm³/mol. The van der Waals surface area contributed by atoms with Gasteiger partial charge < -0.3 is 4.74 Å². The van der Waals surface area contributed by atoms with Gasteiger partial charge in [-0.3, -0.25) is 0 Å². The third kappa shape index (κ3) is 3.43. The molecule has 3 nitrogen and oxygen atoms in total. The highest BCUT2D eigenvalue weighted by Crippen LogP contribution is 2.50. The lowest BCUT2D eigenvalue weighted by molar-refractivity contribution is -0.0189. The molecule has 0 aromatic heterocycles. The van der Waals surface area contributed by atoms with Crippen LogP contribution in [0.15, 0.2) is 70.2 Å². The van der Waals surface area contributed by atoms with Gasteiger partial charge >= 0.3 is 0 Å². The molecule has 3 aromatic rings. The van der Waals surface area contributed by atoms with Gasteiger partial charge in [0.15, 0.2) is 0 Å². The minimum Gasteiger partial charge on any atom is -0.463 e. The molecule has 2 aliphatic heterocycles. The lowest BCUT2D eigenvalue weighted by Crippen LogP contribution is -2.33. The van der Waals surface area contributed by atoms with Crippen molar-refractivity contribution in [1.29, 1.82) is 0 Å². The summed E-state index contributed by atoms with van der Waals surface area (Å²) in [5.41, 5.74) is 5.37. The van der Waals surface area contributed by atoms with Gasteiger partial charge in [-0.1, -0.05) is 81.1 Å². The van der Waals surface area contributed by atoms with E-state index in [-0.39, 0.29) is 12.3 Å². The molecule has 0 saturated heterocycles. The summed E-state index contributed by atoms with van der Waals surface area (Å²) in [6.45, 7) is 2.08. The van der Waals surface area contributed by atoms with E-state index >= 15 is 0 Å². The fourth-order valence-corrected chi connectivity index (χ4v) is 4.70. The monoisotopic (exact) mass is 486 g/mol. The van der Waals surface area contributed by atoms with Crippen molar-refractivity contribution < 1.29 is 4.74 Å². The average molecular weight is 488 g/mol. The molecule has 0 spiro atoms. The second-order valence-corrected chi connectivity index (χ2v) is 9.10. The van der Waals surface area contributed by atoms with Gasteiger partial charge in [-0.15, -0.1) is 0 Å². The highest BCUT2D eigenvalue weighted by molar-refractivity contribution is 9.10. The summed E-state index contributed by atoms with van der Waals surface area (Å²) in [5, 5.41) is 8.14. The molecule has 146 valence electrons. The Hall–Kier alpha value is -2.01. The van der Waals surface area contributed by atoms with Gasteiger partial charge in [0.25, 0.3) is 0 Å². The Labute approximate surface area is 188 Å². The van der Waals surface area contributed by atoms with E-state index in [1.165, 1.54) is 5.56 Å². The van der Waals surface area contributed by atoms with Crippen molar-refractivity contribution in [2.24, 2.45) is 5.10 Å². The van der Waals surface area contributed by atoms with Crippen molar-refractivity contribution in [1.82, 2.24) is 5.01 Å². The minimum atomic E-state index is -0.359. The van der Waals surface area contributed by atoms with Crippen molar-refractivity contribution in [3.63, 3.8) is 0 Å². The maximum absolute atomic E-state index is 6.51. The molecule has 2 heterocycles. The summed E-state index contributed by atoms with van der Waals surface area (Å²) >= 11 is 16.3. The maximum atomic E-state index is 6.51. The van der Waals surface area contributed by atoms with Gasteiger partial charge in [0.05, 0.1) is 16.8 Å². The van der Waals surface area contributed by atoms with Crippen molar-refractivity contribution in [2.75, 3.05) is 0 Å². The smallest absolute Gasteiger partial charge is 0.213 e. The topological polar surface area (TPSA) is 24.8 Å². The maximum Gasteiger partial charge on any atom is 0.213 e. The molecule has 0 saturated carbocycles. The zero-order chi connectivity index (χ0) is 20.1. The normalized spacial score (nSPS) is 20.0. The predicted octanol–water partition coefficient (Wildman–Crippen LogP) is 7.31. The largest absolute Gasteiger partial charge is 0.463 e. The highest BCUT2D eigenvalue weighted by atomic mass is 79.9.